The molecule has 0 radical (unpaired) electrons. The summed E-state index contributed by atoms with van der Waals surface area (Å²) < 4.78 is 27.1. The van der Waals surface area contributed by atoms with Crippen LogP contribution in [-0.4, -0.2) is 28.1 Å². The number of carbonyl (C=O) groups excluding carboxylic acids is 1. The summed E-state index contributed by atoms with van der Waals surface area (Å²) in [7, 11) is 0. The second kappa shape index (κ2) is 9.38. The quantitative estimate of drug-likeness (QED) is 0.493. The Morgan fingerprint density at radius 3 is 1.84 bits per heavy atom. The summed E-state index contributed by atoms with van der Waals surface area (Å²) in [5, 5.41) is 22.4. The summed E-state index contributed by atoms with van der Waals surface area (Å²) in [6.07, 6.45) is -0.704. The van der Waals surface area contributed by atoms with Crippen LogP contribution in [-0.2, 0) is 15.1 Å². The Morgan fingerprint density at radius 2 is 1.34 bits per heavy atom. The molecule has 0 bridgehead atoms. The van der Waals surface area contributed by atoms with Crippen molar-refractivity contribution in [2.75, 3.05) is 0 Å². The number of carboxylic acids is 2. The van der Waals surface area contributed by atoms with Crippen LogP contribution in [0.25, 0.3) is 0 Å². The summed E-state index contributed by atoms with van der Waals surface area (Å²) in [6, 6.07) is 16.8. The molecule has 6 nitrogen and oxygen atoms in total. The molecule has 0 aliphatic rings. The fourth-order valence-electron chi connectivity index (χ4n) is 3.63. The topological polar surface area (TPSA) is 104 Å². The summed E-state index contributed by atoms with van der Waals surface area (Å²) in [5.74, 6) is -6.24. The average Bonchev–Trinajstić information content (AvgIpc) is 2.77. The van der Waals surface area contributed by atoms with Gasteiger partial charge in [0.15, 0.2) is 5.54 Å². The zero-order valence-corrected chi connectivity index (χ0v) is 16.7. The highest BCUT2D eigenvalue weighted by Gasteiger charge is 2.50. The standard InChI is InChI=1S/C24H19F2NO5/c25-18-10-6-15(7-11-18)20(14-21(28)29)24(23(31)32,17-8-12-19(26)13-9-17)27-22(30)16-4-2-1-3-5-16/h1-13,20H,14H2,(H,27,30)(H,28,29)(H,31,32). The highest BCUT2D eigenvalue weighted by Crippen LogP contribution is 2.40. The molecule has 164 valence electrons. The van der Waals surface area contributed by atoms with Crippen molar-refractivity contribution in [3.63, 3.8) is 0 Å². The summed E-state index contributed by atoms with van der Waals surface area (Å²) in [4.78, 5) is 37.5. The van der Waals surface area contributed by atoms with E-state index in [4.69, 9.17) is 0 Å². The number of carbonyl (C=O) groups is 3. The maximum atomic E-state index is 13.6. The predicted octanol–water partition coefficient (Wildman–Crippen LogP) is 3.93. The van der Waals surface area contributed by atoms with E-state index < -0.39 is 47.4 Å². The number of amides is 1. The van der Waals surface area contributed by atoms with Crippen molar-refractivity contribution in [3.8, 4) is 0 Å². The van der Waals surface area contributed by atoms with Crippen molar-refractivity contribution in [1.82, 2.24) is 5.32 Å². The molecular weight excluding hydrogens is 420 g/mol. The second-order valence-electron chi connectivity index (χ2n) is 7.14. The van der Waals surface area contributed by atoms with Gasteiger partial charge in [0, 0.05) is 11.5 Å². The van der Waals surface area contributed by atoms with Gasteiger partial charge < -0.3 is 15.5 Å². The molecule has 0 heterocycles. The van der Waals surface area contributed by atoms with Gasteiger partial charge in [-0.3, -0.25) is 9.59 Å². The van der Waals surface area contributed by atoms with Gasteiger partial charge in [0.2, 0.25) is 0 Å². The first-order valence-corrected chi connectivity index (χ1v) is 9.58. The summed E-state index contributed by atoms with van der Waals surface area (Å²) >= 11 is 0. The molecule has 3 aromatic rings. The van der Waals surface area contributed by atoms with Crippen LogP contribution >= 0.6 is 0 Å². The predicted molar refractivity (Wildman–Crippen MR) is 111 cm³/mol. The van der Waals surface area contributed by atoms with E-state index in [1.165, 1.54) is 36.4 Å². The molecule has 3 aromatic carbocycles. The highest BCUT2D eigenvalue weighted by molar-refractivity contribution is 5.99. The highest BCUT2D eigenvalue weighted by atomic mass is 19.1. The SMILES string of the molecule is O=C(O)CC(c1ccc(F)cc1)C(NC(=O)c1ccccc1)(C(=O)O)c1ccc(F)cc1. The monoisotopic (exact) mass is 439 g/mol. The van der Waals surface area contributed by atoms with Crippen molar-refractivity contribution in [2.24, 2.45) is 0 Å². The molecule has 0 saturated heterocycles. The van der Waals surface area contributed by atoms with Gasteiger partial charge in [-0.25, -0.2) is 13.6 Å². The molecule has 2 atom stereocenters. The van der Waals surface area contributed by atoms with Crippen molar-refractivity contribution in [2.45, 2.75) is 17.9 Å². The lowest BCUT2D eigenvalue weighted by atomic mass is 9.72. The first kappa shape index (κ1) is 22.6. The lowest BCUT2D eigenvalue weighted by Crippen LogP contribution is -2.56. The lowest BCUT2D eigenvalue weighted by Gasteiger charge is -2.38. The number of carboxylic acid groups (broad SMARTS) is 2. The molecule has 8 heteroatoms. The van der Waals surface area contributed by atoms with Crippen LogP contribution in [0.15, 0.2) is 78.9 Å². The fourth-order valence-corrected chi connectivity index (χ4v) is 3.63. The van der Waals surface area contributed by atoms with Crippen LogP contribution in [0.1, 0.15) is 33.8 Å². The molecule has 0 saturated carbocycles. The van der Waals surface area contributed by atoms with E-state index in [1.807, 2.05) is 0 Å². The Hall–Kier alpha value is -4.07. The smallest absolute Gasteiger partial charge is 0.334 e. The van der Waals surface area contributed by atoms with Crippen LogP contribution < -0.4 is 5.32 Å². The second-order valence-corrected chi connectivity index (χ2v) is 7.14. The molecule has 0 aliphatic heterocycles. The Balaban J connectivity index is 2.25. The van der Waals surface area contributed by atoms with E-state index in [0.29, 0.717) is 0 Å². The molecule has 0 aliphatic carbocycles. The minimum atomic E-state index is -2.29. The third-order valence-electron chi connectivity index (χ3n) is 5.16. The molecule has 3 rings (SSSR count). The van der Waals surface area contributed by atoms with E-state index >= 15 is 0 Å². The van der Waals surface area contributed by atoms with E-state index in [9.17, 15) is 33.4 Å². The molecule has 0 spiro atoms. The van der Waals surface area contributed by atoms with Gasteiger partial charge >= 0.3 is 11.9 Å². The van der Waals surface area contributed by atoms with Crippen molar-refractivity contribution < 1.29 is 33.4 Å². The van der Waals surface area contributed by atoms with Gasteiger partial charge in [-0.15, -0.1) is 0 Å². The maximum absolute atomic E-state index is 13.6. The molecule has 0 aromatic heterocycles. The van der Waals surface area contributed by atoms with Gasteiger partial charge in [-0.2, -0.15) is 0 Å². The number of hydrogen-bond acceptors (Lipinski definition) is 3. The lowest BCUT2D eigenvalue weighted by molar-refractivity contribution is -0.147. The number of hydrogen-bond donors (Lipinski definition) is 3. The van der Waals surface area contributed by atoms with Gasteiger partial charge in [-0.1, -0.05) is 42.5 Å². The molecular formula is C24H19F2NO5. The Labute approximate surface area is 182 Å². The van der Waals surface area contributed by atoms with Crippen molar-refractivity contribution >= 4 is 17.8 Å². The van der Waals surface area contributed by atoms with E-state index in [1.54, 1.807) is 18.2 Å². The minimum Gasteiger partial charge on any atom is -0.481 e. The van der Waals surface area contributed by atoms with Crippen LogP contribution in [0.3, 0.4) is 0 Å². The van der Waals surface area contributed by atoms with E-state index in [2.05, 4.69) is 5.32 Å². The maximum Gasteiger partial charge on any atom is 0.334 e. The van der Waals surface area contributed by atoms with Crippen LogP contribution in [0.2, 0.25) is 0 Å². The molecule has 0 fully saturated rings. The van der Waals surface area contributed by atoms with Gasteiger partial charge in [0.05, 0.1) is 6.42 Å². The van der Waals surface area contributed by atoms with Crippen LogP contribution in [0, 0.1) is 11.6 Å². The minimum absolute atomic E-state index is 0.0359. The fraction of sp³-hybridized carbons (Fsp3) is 0.125. The molecule has 2 unspecified atom stereocenters. The third-order valence-corrected chi connectivity index (χ3v) is 5.16. The number of benzene rings is 3. The summed E-state index contributed by atoms with van der Waals surface area (Å²) in [6.45, 7) is 0. The average molecular weight is 439 g/mol. The number of aliphatic carboxylic acids is 2. The number of nitrogens with one attached hydrogen (secondary N) is 1. The Kier molecular flexibility index (Phi) is 6.63. The third kappa shape index (κ3) is 4.64. The first-order chi connectivity index (χ1) is 15.2. The zero-order valence-electron chi connectivity index (χ0n) is 16.7. The molecule has 32 heavy (non-hydrogen) atoms. The summed E-state index contributed by atoms with van der Waals surface area (Å²) in [5.41, 5.74) is -2.01. The number of rotatable bonds is 8. The first-order valence-electron chi connectivity index (χ1n) is 9.58. The van der Waals surface area contributed by atoms with Crippen molar-refractivity contribution in [1.29, 1.82) is 0 Å². The largest absolute Gasteiger partial charge is 0.481 e. The van der Waals surface area contributed by atoms with E-state index in [-0.39, 0.29) is 16.7 Å². The van der Waals surface area contributed by atoms with Crippen LogP contribution in [0.4, 0.5) is 8.78 Å². The van der Waals surface area contributed by atoms with Gasteiger partial charge in [0.1, 0.15) is 11.6 Å². The Morgan fingerprint density at radius 1 is 0.812 bits per heavy atom. The van der Waals surface area contributed by atoms with Gasteiger partial charge in [-0.05, 0) is 47.5 Å². The Bertz CT molecular complexity index is 1120. The van der Waals surface area contributed by atoms with Crippen LogP contribution in [0.5, 0.6) is 0 Å². The number of halogens is 2. The van der Waals surface area contributed by atoms with E-state index in [0.717, 1.165) is 24.3 Å². The normalized spacial score (nSPS) is 13.6. The molecule has 3 N–H and O–H groups in total. The van der Waals surface area contributed by atoms with Crippen molar-refractivity contribution in [3.05, 3.63) is 107 Å². The van der Waals surface area contributed by atoms with Gasteiger partial charge in [0.25, 0.3) is 5.91 Å². The molecule has 1 amide bonds. The zero-order chi connectivity index (χ0) is 23.3.